The quantitative estimate of drug-likeness (QED) is 0.611. The number of benzene rings is 2. The molecule has 4 nitrogen and oxygen atoms in total. The zero-order chi connectivity index (χ0) is 18.7. The molecule has 0 unspecified atom stereocenters. The SMILES string of the molecule is CCOC(=O)c1cnc2c(C)c(Cl)ccc2c1N(C)Cc1ccccc1.[Cl-]. The van der Waals surface area contributed by atoms with Crippen LogP contribution in [0.15, 0.2) is 48.7 Å². The van der Waals surface area contributed by atoms with Gasteiger partial charge in [-0.05, 0) is 37.1 Å². The molecule has 6 heteroatoms. The lowest BCUT2D eigenvalue weighted by molar-refractivity contribution is -0.0000234. The maximum atomic E-state index is 12.5. The molecule has 0 N–H and O–H groups in total. The minimum atomic E-state index is -0.371. The third-order valence-corrected chi connectivity index (χ3v) is 4.75. The maximum Gasteiger partial charge on any atom is 0.341 e. The number of nitrogens with zero attached hydrogens (tertiary/aromatic N) is 2. The molecular formula is C21H21Cl2N2O2-. The molecule has 3 aromatic rings. The number of carbonyl (C=O) groups excluding carboxylic acids is 1. The van der Waals surface area contributed by atoms with E-state index in [1.54, 1.807) is 13.1 Å². The standard InChI is InChI=1S/C21H21ClN2O2.ClH/c1-4-26-21(25)17-12-23-19-14(2)18(22)11-10-16(19)20(17)24(3)13-15-8-6-5-7-9-15;/h5-12H,4,13H2,1-3H3;1H/p-1. The second kappa shape index (κ2) is 9.07. The monoisotopic (exact) mass is 403 g/mol. The molecule has 0 aliphatic carbocycles. The van der Waals surface area contributed by atoms with Crippen LogP contribution >= 0.6 is 11.6 Å². The lowest BCUT2D eigenvalue weighted by Gasteiger charge is -2.24. The van der Waals surface area contributed by atoms with Crippen molar-refractivity contribution in [1.29, 1.82) is 0 Å². The molecule has 0 bridgehead atoms. The van der Waals surface area contributed by atoms with Crippen molar-refractivity contribution < 1.29 is 21.9 Å². The molecule has 0 amide bonds. The van der Waals surface area contributed by atoms with E-state index in [9.17, 15) is 4.79 Å². The Morgan fingerprint density at radius 3 is 2.56 bits per heavy atom. The number of hydrogen-bond donors (Lipinski definition) is 0. The number of fused-ring (bicyclic) bond motifs is 1. The van der Waals surface area contributed by atoms with E-state index in [0.29, 0.717) is 23.7 Å². The summed E-state index contributed by atoms with van der Waals surface area (Å²) in [5, 5.41) is 1.54. The zero-order valence-electron chi connectivity index (χ0n) is 15.5. The fourth-order valence-electron chi connectivity index (χ4n) is 3.07. The van der Waals surface area contributed by atoms with Gasteiger partial charge in [-0.1, -0.05) is 41.9 Å². The number of aryl methyl sites for hydroxylation is 1. The molecule has 0 saturated carbocycles. The molecule has 0 fully saturated rings. The van der Waals surface area contributed by atoms with Gasteiger partial charge in [0.25, 0.3) is 0 Å². The van der Waals surface area contributed by atoms with Crippen LogP contribution in [0.25, 0.3) is 10.9 Å². The summed E-state index contributed by atoms with van der Waals surface area (Å²) in [6.45, 7) is 4.71. The third kappa shape index (κ3) is 4.34. The fourth-order valence-corrected chi connectivity index (χ4v) is 3.23. The predicted octanol–water partition coefficient (Wildman–Crippen LogP) is 2.01. The Balaban J connectivity index is 0.00000261. The molecule has 0 aliphatic heterocycles. The first-order chi connectivity index (χ1) is 12.5. The van der Waals surface area contributed by atoms with Gasteiger partial charge in [-0.25, -0.2) is 4.79 Å². The van der Waals surface area contributed by atoms with Crippen LogP contribution in [-0.4, -0.2) is 24.6 Å². The number of hydrogen-bond acceptors (Lipinski definition) is 4. The Morgan fingerprint density at radius 2 is 1.89 bits per heavy atom. The summed E-state index contributed by atoms with van der Waals surface area (Å²) < 4.78 is 5.24. The Bertz CT molecular complexity index is 946. The number of carbonyl (C=O) groups is 1. The van der Waals surface area contributed by atoms with Crippen LogP contribution in [0.2, 0.25) is 5.02 Å². The molecule has 0 spiro atoms. The zero-order valence-corrected chi connectivity index (χ0v) is 17.0. The van der Waals surface area contributed by atoms with Crippen LogP contribution in [-0.2, 0) is 11.3 Å². The number of esters is 1. The molecule has 3 rings (SSSR count). The van der Waals surface area contributed by atoms with Gasteiger partial charge in [0, 0.05) is 30.2 Å². The Labute approximate surface area is 170 Å². The predicted molar refractivity (Wildman–Crippen MR) is 106 cm³/mol. The van der Waals surface area contributed by atoms with Gasteiger partial charge in [0.15, 0.2) is 0 Å². The van der Waals surface area contributed by atoms with Gasteiger partial charge in [0.1, 0.15) is 5.56 Å². The minimum absolute atomic E-state index is 0. The number of pyridine rings is 1. The molecule has 1 aromatic heterocycles. The summed E-state index contributed by atoms with van der Waals surface area (Å²) in [6, 6.07) is 13.9. The van der Waals surface area contributed by atoms with Crippen molar-refractivity contribution in [3.8, 4) is 0 Å². The van der Waals surface area contributed by atoms with Crippen LogP contribution in [0, 0.1) is 6.92 Å². The van der Waals surface area contributed by atoms with Crippen LogP contribution < -0.4 is 17.3 Å². The maximum absolute atomic E-state index is 12.5. The molecule has 27 heavy (non-hydrogen) atoms. The normalized spacial score (nSPS) is 10.4. The molecule has 0 saturated heterocycles. The third-order valence-electron chi connectivity index (χ3n) is 4.34. The van der Waals surface area contributed by atoms with E-state index in [-0.39, 0.29) is 18.4 Å². The van der Waals surface area contributed by atoms with Crippen LogP contribution in [0.1, 0.15) is 28.4 Å². The van der Waals surface area contributed by atoms with E-state index in [1.807, 2.05) is 44.3 Å². The van der Waals surface area contributed by atoms with E-state index in [1.165, 1.54) is 0 Å². The topological polar surface area (TPSA) is 42.4 Å². The van der Waals surface area contributed by atoms with Crippen molar-refractivity contribution in [3.63, 3.8) is 0 Å². The summed E-state index contributed by atoms with van der Waals surface area (Å²) in [5.41, 5.74) is 4.10. The van der Waals surface area contributed by atoms with Crippen LogP contribution in [0.4, 0.5) is 5.69 Å². The number of anilines is 1. The van der Waals surface area contributed by atoms with Crippen molar-refractivity contribution in [3.05, 3.63) is 70.4 Å². The largest absolute Gasteiger partial charge is 1.00 e. The number of ether oxygens (including phenoxy) is 1. The Morgan fingerprint density at radius 1 is 1.19 bits per heavy atom. The molecule has 2 aromatic carbocycles. The lowest BCUT2D eigenvalue weighted by atomic mass is 10.0. The number of rotatable bonds is 5. The highest BCUT2D eigenvalue weighted by atomic mass is 35.5. The second-order valence-corrected chi connectivity index (χ2v) is 6.56. The van der Waals surface area contributed by atoms with Crippen molar-refractivity contribution >= 4 is 34.2 Å². The second-order valence-electron chi connectivity index (χ2n) is 6.15. The lowest BCUT2D eigenvalue weighted by Crippen LogP contribution is -3.00. The smallest absolute Gasteiger partial charge is 0.341 e. The summed E-state index contributed by atoms with van der Waals surface area (Å²) in [4.78, 5) is 19.0. The summed E-state index contributed by atoms with van der Waals surface area (Å²) in [5.74, 6) is -0.371. The Kier molecular flexibility index (Phi) is 7.05. The van der Waals surface area contributed by atoms with Gasteiger partial charge in [-0.15, -0.1) is 0 Å². The molecule has 0 radical (unpaired) electrons. The van der Waals surface area contributed by atoms with Crippen LogP contribution in [0.3, 0.4) is 0 Å². The first kappa shape index (κ1) is 21.0. The summed E-state index contributed by atoms with van der Waals surface area (Å²) in [7, 11) is 1.97. The molecule has 0 atom stereocenters. The highest BCUT2D eigenvalue weighted by molar-refractivity contribution is 6.32. The van der Waals surface area contributed by atoms with E-state index in [4.69, 9.17) is 16.3 Å². The van der Waals surface area contributed by atoms with E-state index in [0.717, 1.165) is 27.7 Å². The van der Waals surface area contributed by atoms with Crippen molar-refractivity contribution in [2.75, 3.05) is 18.6 Å². The van der Waals surface area contributed by atoms with Crippen LogP contribution in [0.5, 0.6) is 0 Å². The minimum Gasteiger partial charge on any atom is -1.00 e. The van der Waals surface area contributed by atoms with Crippen molar-refractivity contribution in [1.82, 2.24) is 4.98 Å². The van der Waals surface area contributed by atoms with Gasteiger partial charge in [0.05, 0.1) is 17.8 Å². The first-order valence-electron chi connectivity index (χ1n) is 8.53. The molecule has 1 heterocycles. The fraction of sp³-hybridized carbons (Fsp3) is 0.238. The number of halogens is 2. The average molecular weight is 404 g/mol. The highest BCUT2D eigenvalue weighted by Gasteiger charge is 2.21. The van der Waals surface area contributed by atoms with E-state index >= 15 is 0 Å². The van der Waals surface area contributed by atoms with Gasteiger partial charge in [-0.2, -0.15) is 0 Å². The average Bonchev–Trinajstić information content (AvgIpc) is 2.64. The van der Waals surface area contributed by atoms with E-state index < -0.39 is 0 Å². The van der Waals surface area contributed by atoms with E-state index in [2.05, 4.69) is 22.0 Å². The summed E-state index contributed by atoms with van der Waals surface area (Å²) in [6.07, 6.45) is 1.58. The van der Waals surface area contributed by atoms with Crippen molar-refractivity contribution in [2.45, 2.75) is 20.4 Å². The highest BCUT2D eigenvalue weighted by Crippen LogP contribution is 2.34. The molecule has 0 aliphatic rings. The van der Waals surface area contributed by atoms with Gasteiger partial charge in [-0.3, -0.25) is 4.98 Å². The molecular weight excluding hydrogens is 383 g/mol. The summed E-state index contributed by atoms with van der Waals surface area (Å²) >= 11 is 6.26. The first-order valence-corrected chi connectivity index (χ1v) is 8.90. The van der Waals surface area contributed by atoms with Gasteiger partial charge in [0.2, 0.25) is 0 Å². The van der Waals surface area contributed by atoms with Crippen molar-refractivity contribution in [2.24, 2.45) is 0 Å². The Hall–Kier alpha value is -2.30. The number of aromatic nitrogens is 1. The molecule has 142 valence electrons. The van der Waals surface area contributed by atoms with Gasteiger partial charge >= 0.3 is 5.97 Å². The van der Waals surface area contributed by atoms with Gasteiger partial charge < -0.3 is 22.0 Å².